The number of non-ortho nitro benzene ring substituents is 1. The molecule has 1 N–H and O–H groups in total. The number of nitro groups is 1. The lowest BCUT2D eigenvalue weighted by Crippen LogP contribution is -2.33. The number of fused-ring (bicyclic) bond motifs is 1. The van der Waals surface area contributed by atoms with Crippen LogP contribution in [0.4, 0.5) is 5.69 Å². The minimum absolute atomic E-state index is 0.0200. The molecule has 9 heteroatoms. The molecule has 0 saturated heterocycles. The van der Waals surface area contributed by atoms with E-state index in [-0.39, 0.29) is 34.9 Å². The number of nitrogens with zero attached hydrogens (tertiary/aromatic N) is 3. The number of amides is 1. The summed E-state index contributed by atoms with van der Waals surface area (Å²) in [6, 6.07) is 5.28. The Morgan fingerprint density at radius 3 is 2.85 bits per heavy atom. The molecule has 1 heterocycles. The van der Waals surface area contributed by atoms with Crippen molar-refractivity contribution in [3.8, 4) is 0 Å². The Hall–Kier alpha value is -2.74. The van der Waals surface area contributed by atoms with E-state index in [1.807, 2.05) is 0 Å². The summed E-state index contributed by atoms with van der Waals surface area (Å²) < 4.78 is 1.33. The van der Waals surface area contributed by atoms with Crippen molar-refractivity contribution in [2.75, 3.05) is 6.54 Å². The summed E-state index contributed by atoms with van der Waals surface area (Å²) >= 11 is 5.95. The van der Waals surface area contributed by atoms with Crippen LogP contribution in [-0.4, -0.2) is 27.2 Å². The molecule has 0 fully saturated rings. The highest BCUT2D eigenvalue weighted by Gasteiger charge is 2.16. The first-order valence-electron chi connectivity index (χ1n) is 8.28. The molecule has 1 amide bonds. The minimum Gasteiger partial charge on any atom is -0.350 e. The number of hydrogen-bond donors (Lipinski definition) is 1. The van der Waals surface area contributed by atoms with E-state index in [4.69, 9.17) is 11.6 Å². The minimum atomic E-state index is -0.594. The molecular formula is C17H17ClN4O4. The predicted molar refractivity (Wildman–Crippen MR) is 95.6 cm³/mol. The molecule has 0 unspecified atom stereocenters. The van der Waals surface area contributed by atoms with Gasteiger partial charge in [0.15, 0.2) is 0 Å². The second-order valence-corrected chi connectivity index (χ2v) is 6.47. The lowest BCUT2D eigenvalue weighted by molar-refractivity contribution is -0.384. The van der Waals surface area contributed by atoms with Gasteiger partial charge in [-0.25, -0.2) is 4.68 Å². The van der Waals surface area contributed by atoms with Crippen LogP contribution in [0.3, 0.4) is 0 Å². The predicted octanol–water partition coefficient (Wildman–Crippen LogP) is 2.11. The Kier molecular flexibility index (Phi) is 5.32. The lowest BCUT2D eigenvalue weighted by atomic mass is 9.97. The summed E-state index contributed by atoms with van der Waals surface area (Å²) in [5.41, 5.74) is 1.54. The molecule has 0 bridgehead atoms. The Labute approximate surface area is 153 Å². The Bertz CT molecular complexity index is 925. The van der Waals surface area contributed by atoms with E-state index in [0.29, 0.717) is 0 Å². The molecule has 8 nitrogen and oxygen atoms in total. The van der Waals surface area contributed by atoms with Gasteiger partial charge in [0.2, 0.25) is 0 Å². The molecule has 2 aromatic rings. The molecule has 0 atom stereocenters. The monoisotopic (exact) mass is 376 g/mol. The molecule has 26 heavy (non-hydrogen) atoms. The van der Waals surface area contributed by atoms with Crippen LogP contribution in [-0.2, 0) is 19.4 Å². The first-order chi connectivity index (χ1) is 12.5. The number of carbonyl (C=O) groups is 1. The summed E-state index contributed by atoms with van der Waals surface area (Å²) in [5.74, 6) is -0.537. The van der Waals surface area contributed by atoms with E-state index >= 15 is 0 Å². The van der Waals surface area contributed by atoms with Crippen molar-refractivity contribution in [1.29, 1.82) is 0 Å². The molecule has 0 aliphatic heterocycles. The van der Waals surface area contributed by atoms with Gasteiger partial charge in [0, 0.05) is 24.7 Å². The zero-order valence-electron chi connectivity index (χ0n) is 13.9. The molecule has 0 radical (unpaired) electrons. The van der Waals surface area contributed by atoms with Gasteiger partial charge < -0.3 is 5.32 Å². The second kappa shape index (κ2) is 7.65. The van der Waals surface area contributed by atoms with E-state index in [0.717, 1.165) is 43.0 Å². The normalized spacial score (nSPS) is 13.1. The molecule has 1 aromatic heterocycles. The summed E-state index contributed by atoms with van der Waals surface area (Å²) in [6.45, 7) is 0.369. The fraction of sp³-hybridized carbons (Fsp3) is 0.353. The maximum Gasteiger partial charge on any atom is 0.270 e. The third kappa shape index (κ3) is 3.91. The quantitative estimate of drug-likeness (QED) is 0.635. The lowest BCUT2D eigenvalue weighted by Gasteiger charge is -2.16. The van der Waals surface area contributed by atoms with E-state index < -0.39 is 10.8 Å². The first kappa shape index (κ1) is 18.1. The van der Waals surface area contributed by atoms with Gasteiger partial charge in [-0.2, -0.15) is 5.10 Å². The van der Waals surface area contributed by atoms with Crippen molar-refractivity contribution in [2.24, 2.45) is 0 Å². The highest BCUT2D eigenvalue weighted by Crippen LogP contribution is 2.22. The van der Waals surface area contributed by atoms with Gasteiger partial charge in [-0.3, -0.25) is 19.7 Å². The Balaban J connectivity index is 1.67. The highest BCUT2D eigenvalue weighted by molar-refractivity contribution is 6.33. The molecule has 1 aliphatic carbocycles. The van der Waals surface area contributed by atoms with E-state index in [9.17, 15) is 19.7 Å². The summed E-state index contributed by atoms with van der Waals surface area (Å²) in [6.07, 6.45) is 3.85. The second-order valence-electron chi connectivity index (χ2n) is 6.06. The molecule has 1 aromatic carbocycles. The van der Waals surface area contributed by atoms with Crippen molar-refractivity contribution in [1.82, 2.24) is 15.1 Å². The number of carbonyl (C=O) groups excluding carboxylic acids is 1. The Morgan fingerprint density at radius 2 is 2.08 bits per heavy atom. The van der Waals surface area contributed by atoms with Gasteiger partial charge >= 0.3 is 0 Å². The van der Waals surface area contributed by atoms with Gasteiger partial charge in [0.1, 0.15) is 0 Å². The highest BCUT2D eigenvalue weighted by atomic mass is 35.5. The molecule has 3 rings (SSSR count). The maximum atomic E-state index is 12.2. The number of hydrogen-bond acceptors (Lipinski definition) is 5. The van der Waals surface area contributed by atoms with E-state index in [1.165, 1.54) is 16.8 Å². The van der Waals surface area contributed by atoms with Crippen molar-refractivity contribution < 1.29 is 9.72 Å². The van der Waals surface area contributed by atoms with Crippen molar-refractivity contribution >= 4 is 23.2 Å². The van der Waals surface area contributed by atoms with Gasteiger partial charge in [0.05, 0.1) is 27.7 Å². The number of benzene rings is 1. The maximum absolute atomic E-state index is 12.2. The number of nitrogens with one attached hydrogen (secondary N) is 1. The average Bonchev–Trinajstić information content (AvgIpc) is 2.62. The fourth-order valence-electron chi connectivity index (χ4n) is 2.93. The average molecular weight is 377 g/mol. The first-order valence-corrected chi connectivity index (χ1v) is 8.65. The van der Waals surface area contributed by atoms with Gasteiger partial charge in [-0.15, -0.1) is 0 Å². The number of rotatable bonds is 5. The summed E-state index contributed by atoms with van der Waals surface area (Å²) in [4.78, 5) is 34.6. The zero-order valence-corrected chi connectivity index (χ0v) is 14.7. The zero-order chi connectivity index (χ0) is 18.7. The number of aryl methyl sites for hydroxylation is 2. The van der Waals surface area contributed by atoms with Crippen molar-refractivity contribution in [3.63, 3.8) is 0 Å². The molecule has 0 spiro atoms. The van der Waals surface area contributed by atoms with Gasteiger partial charge in [-0.1, -0.05) is 11.6 Å². The van der Waals surface area contributed by atoms with Crippen LogP contribution in [0.5, 0.6) is 0 Å². The van der Waals surface area contributed by atoms with Crippen LogP contribution in [0.1, 0.15) is 34.5 Å². The summed E-state index contributed by atoms with van der Waals surface area (Å²) in [7, 11) is 0. The third-order valence-electron chi connectivity index (χ3n) is 4.29. The number of nitro benzene ring substituents is 1. The van der Waals surface area contributed by atoms with Crippen molar-refractivity contribution in [3.05, 3.63) is 66.6 Å². The third-order valence-corrected chi connectivity index (χ3v) is 4.62. The standard InChI is InChI=1S/C17H17ClN4O4/c18-14-6-5-12(22(25)26)10-13(14)17(24)19-7-8-21-16(23)9-11-3-1-2-4-15(11)20-21/h5-6,9-10H,1-4,7-8H2,(H,19,24). The van der Waals surface area contributed by atoms with Crippen LogP contribution in [0, 0.1) is 10.1 Å². The van der Waals surface area contributed by atoms with E-state index in [2.05, 4.69) is 10.4 Å². The van der Waals surface area contributed by atoms with Crippen molar-refractivity contribution in [2.45, 2.75) is 32.2 Å². The van der Waals surface area contributed by atoms with Crippen LogP contribution in [0.25, 0.3) is 0 Å². The number of aromatic nitrogens is 2. The van der Waals surface area contributed by atoms with E-state index in [1.54, 1.807) is 6.07 Å². The van der Waals surface area contributed by atoms with Crippen LogP contribution >= 0.6 is 11.6 Å². The fourth-order valence-corrected chi connectivity index (χ4v) is 3.14. The van der Waals surface area contributed by atoms with Crippen LogP contribution in [0.2, 0.25) is 5.02 Å². The smallest absolute Gasteiger partial charge is 0.270 e. The molecule has 1 aliphatic rings. The van der Waals surface area contributed by atoms with Crippen LogP contribution in [0.15, 0.2) is 29.1 Å². The van der Waals surface area contributed by atoms with Crippen LogP contribution < -0.4 is 10.9 Å². The van der Waals surface area contributed by atoms with Gasteiger partial charge in [-0.05, 0) is 37.3 Å². The largest absolute Gasteiger partial charge is 0.350 e. The molecule has 136 valence electrons. The SMILES string of the molecule is O=C(NCCn1nc2c(cc1=O)CCCC2)c1cc([N+](=O)[O-])ccc1Cl. The number of halogens is 1. The Morgan fingerprint density at radius 1 is 1.31 bits per heavy atom. The topological polar surface area (TPSA) is 107 Å². The van der Waals surface area contributed by atoms with Gasteiger partial charge in [0.25, 0.3) is 17.2 Å². The summed E-state index contributed by atoms with van der Waals surface area (Å²) in [5, 5.41) is 17.9. The molecule has 0 saturated carbocycles. The molecular weight excluding hydrogens is 360 g/mol.